The molecule has 0 radical (unpaired) electrons. The van der Waals surface area contributed by atoms with Gasteiger partial charge in [-0.1, -0.05) is 140 Å². The van der Waals surface area contributed by atoms with Gasteiger partial charge in [-0.15, -0.1) is 6.58 Å². The van der Waals surface area contributed by atoms with Gasteiger partial charge in [-0.05, 0) is 96.7 Å². The molecule has 0 N–H and O–H groups in total. The molecule has 2 saturated heterocycles. The van der Waals surface area contributed by atoms with E-state index in [4.69, 9.17) is 18.6 Å². The highest BCUT2D eigenvalue weighted by Gasteiger charge is 2.52. The van der Waals surface area contributed by atoms with Gasteiger partial charge in [0, 0.05) is 24.9 Å². The summed E-state index contributed by atoms with van der Waals surface area (Å²) in [5.74, 6) is 0.812. The quantitative estimate of drug-likeness (QED) is 0.0825. The van der Waals surface area contributed by atoms with Crippen LogP contribution in [0.5, 0.6) is 0 Å². The molecule has 0 amide bonds. The van der Waals surface area contributed by atoms with Crippen molar-refractivity contribution >= 4 is 24.7 Å². The van der Waals surface area contributed by atoms with Crippen LogP contribution in [-0.2, 0) is 18.6 Å². The Morgan fingerprint density at radius 1 is 0.818 bits per heavy atom. The van der Waals surface area contributed by atoms with Gasteiger partial charge in [0.1, 0.15) is 6.10 Å². The third-order valence-electron chi connectivity index (χ3n) is 13.1. The molecule has 0 aromatic heterocycles. The summed E-state index contributed by atoms with van der Waals surface area (Å²) >= 11 is 0. The maximum absolute atomic E-state index is 13.0. The van der Waals surface area contributed by atoms with Crippen molar-refractivity contribution in [3.63, 3.8) is 0 Å². The van der Waals surface area contributed by atoms with Crippen molar-refractivity contribution in [2.45, 2.75) is 149 Å². The fraction of sp³-hybridized carbons (Fsp3) is 0.571. The van der Waals surface area contributed by atoms with Crippen LogP contribution in [0.15, 0.2) is 104 Å². The Morgan fingerprint density at radius 3 is 1.91 bits per heavy atom. The van der Waals surface area contributed by atoms with Crippen LogP contribution in [0.25, 0.3) is 0 Å². The second-order valence-electron chi connectivity index (χ2n) is 18.2. The van der Waals surface area contributed by atoms with Crippen LogP contribution in [0.2, 0.25) is 5.04 Å². The summed E-state index contributed by atoms with van der Waals surface area (Å²) in [6.07, 6.45) is 9.74. The van der Waals surface area contributed by atoms with Gasteiger partial charge in [0.15, 0.2) is 5.79 Å². The lowest BCUT2D eigenvalue weighted by Crippen LogP contribution is -2.67. The summed E-state index contributed by atoms with van der Waals surface area (Å²) in [5, 5.41) is 2.59. The highest BCUT2D eigenvalue weighted by atomic mass is 28.4. The van der Waals surface area contributed by atoms with E-state index in [9.17, 15) is 4.79 Å². The second-order valence-corrected chi connectivity index (χ2v) is 22.4. The molecular formula is C49H70O5Si. The molecule has 3 aromatic carbocycles. The van der Waals surface area contributed by atoms with Crippen LogP contribution < -0.4 is 10.4 Å². The van der Waals surface area contributed by atoms with Crippen LogP contribution in [0.1, 0.15) is 124 Å². The number of hydrogen-bond acceptors (Lipinski definition) is 5. The molecule has 300 valence electrons. The molecule has 5 nitrogen and oxygen atoms in total. The second kappa shape index (κ2) is 18.9. The van der Waals surface area contributed by atoms with Crippen molar-refractivity contribution in [2.75, 3.05) is 0 Å². The molecule has 2 fully saturated rings. The fourth-order valence-electron chi connectivity index (χ4n) is 9.11. The standard InChI is InChI=1S/C49H70O5Si/c1-11-35(2)44(51-47(50)41-21-15-12-16-22-41)29-28-38(5)46-39(6)32-34-49(53-46)33-31-37(4)45(52-49)30-27-36(3)40(7)54-55(48(8,9)10,42-23-17-13-18-24-42)43-25-19-14-20-26-43/h11-26,35-40,44-46H,1,27-34H2,2-10H3/t35-,36+,37-,38-,39+,40-,44+,45+,46+,49-/m1/s1. The fourth-order valence-corrected chi connectivity index (χ4v) is 13.9. The minimum absolute atomic E-state index is 0.0549. The van der Waals surface area contributed by atoms with Crippen molar-refractivity contribution in [2.24, 2.45) is 29.6 Å². The third-order valence-corrected chi connectivity index (χ3v) is 18.2. The van der Waals surface area contributed by atoms with Crippen LogP contribution in [0.3, 0.4) is 0 Å². The Morgan fingerprint density at radius 2 is 1.36 bits per heavy atom. The third kappa shape index (κ3) is 10.3. The number of ether oxygens (including phenoxy) is 3. The molecule has 55 heavy (non-hydrogen) atoms. The first-order valence-electron chi connectivity index (χ1n) is 21.2. The summed E-state index contributed by atoms with van der Waals surface area (Å²) in [4.78, 5) is 13.0. The predicted octanol–water partition coefficient (Wildman–Crippen LogP) is 11.2. The van der Waals surface area contributed by atoms with Crippen molar-refractivity contribution in [3.8, 4) is 0 Å². The molecule has 0 bridgehead atoms. The largest absolute Gasteiger partial charge is 0.458 e. The Hall–Kier alpha value is -3.03. The molecule has 5 rings (SSSR count). The Labute approximate surface area is 334 Å². The predicted molar refractivity (Wildman–Crippen MR) is 229 cm³/mol. The Bertz CT molecular complexity index is 1580. The summed E-state index contributed by atoms with van der Waals surface area (Å²) in [5.41, 5.74) is 0.580. The first kappa shape index (κ1) is 43.1. The molecular weight excluding hydrogens is 697 g/mol. The maximum atomic E-state index is 13.0. The SMILES string of the molecule is C=C[C@@H](C)[C@H](CC[C@@H](C)[C@@H]1O[C@]2(CC[C@@H](C)[C@H](CC[C@H](C)[C@@H](C)O[Si](c3ccccc3)(c3ccccc3)C(C)(C)C)O2)CC[C@@H]1C)OC(=O)c1ccccc1. The number of esters is 1. The molecule has 2 aliphatic rings. The van der Waals surface area contributed by atoms with E-state index in [0.717, 1.165) is 51.4 Å². The molecule has 3 aromatic rings. The van der Waals surface area contributed by atoms with E-state index in [1.54, 1.807) is 0 Å². The topological polar surface area (TPSA) is 54.0 Å². The normalized spacial score (nSPS) is 26.1. The highest BCUT2D eigenvalue weighted by Crippen LogP contribution is 2.46. The number of carbonyl (C=O) groups is 1. The van der Waals surface area contributed by atoms with Crippen LogP contribution in [0.4, 0.5) is 0 Å². The Kier molecular flexibility index (Phi) is 14.8. The van der Waals surface area contributed by atoms with Gasteiger partial charge in [0.25, 0.3) is 8.32 Å². The first-order valence-corrected chi connectivity index (χ1v) is 23.1. The van der Waals surface area contributed by atoms with E-state index >= 15 is 0 Å². The molecule has 2 aliphatic heterocycles. The van der Waals surface area contributed by atoms with E-state index in [1.807, 2.05) is 36.4 Å². The average molecular weight is 767 g/mol. The minimum atomic E-state index is -2.64. The van der Waals surface area contributed by atoms with Crippen LogP contribution in [0, 0.1) is 29.6 Å². The highest BCUT2D eigenvalue weighted by molar-refractivity contribution is 6.99. The zero-order valence-corrected chi connectivity index (χ0v) is 36.3. The van der Waals surface area contributed by atoms with Gasteiger partial charge in [-0.3, -0.25) is 0 Å². The number of carbonyl (C=O) groups excluding carboxylic acids is 1. The zero-order valence-electron chi connectivity index (χ0n) is 35.3. The number of rotatable bonds is 16. The molecule has 0 saturated carbocycles. The monoisotopic (exact) mass is 766 g/mol. The number of hydrogen-bond donors (Lipinski definition) is 0. The lowest BCUT2D eigenvalue weighted by Gasteiger charge is -2.51. The van der Waals surface area contributed by atoms with Gasteiger partial charge in [-0.2, -0.15) is 0 Å². The van der Waals surface area contributed by atoms with Gasteiger partial charge in [0.2, 0.25) is 0 Å². The zero-order chi connectivity index (χ0) is 39.8. The summed E-state index contributed by atoms with van der Waals surface area (Å²) in [7, 11) is -2.64. The van der Waals surface area contributed by atoms with Gasteiger partial charge >= 0.3 is 5.97 Å². The molecule has 10 atom stereocenters. The summed E-state index contributed by atoms with van der Waals surface area (Å²) in [6.45, 7) is 24.8. The smallest absolute Gasteiger partial charge is 0.338 e. The van der Waals surface area contributed by atoms with E-state index in [-0.39, 0.29) is 41.3 Å². The number of benzene rings is 3. The van der Waals surface area contributed by atoms with E-state index in [0.29, 0.717) is 29.2 Å². The van der Waals surface area contributed by atoms with Gasteiger partial charge < -0.3 is 18.6 Å². The lowest BCUT2D eigenvalue weighted by molar-refractivity contribution is -0.338. The Balaban J connectivity index is 1.22. The molecule has 0 unspecified atom stereocenters. The molecule has 2 heterocycles. The summed E-state index contributed by atoms with van der Waals surface area (Å²) < 4.78 is 27.8. The van der Waals surface area contributed by atoms with Crippen LogP contribution in [-0.4, -0.2) is 44.5 Å². The lowest BCUT2D eigenvalue weighted by atomic mass is 9.79. The summed E-state index contributed by atoms with van der Waals surface area (Å²) in [6, 6.07) is 31.2. The van der Waals surface area contributed by atoms with Crippen molar-refractivity contribution in [1.82, 2.24) is 0 Å². The van der Waals surface area contributed by atoms with E-state index < -0.39 is 14.1 Å². The molecule has 6 heteroatoms. The average Bonchev–Trinajstić information content (AvgIpc) is 3.19. The van der Waals surface area contributed by atoms with Crippen molar-refractivity contribution in [3.05, 3.63) is 109 Å². The first-order chi connectivity index (χ1) is 26.2. The van der Waals surface area contributed by atoms with Gasteiger partial charge in [0.05, 0.1) is 17.8 Å². The molecule has 1 spiro atoms. The minimum Gasteiger partial charge on any atom is -0.458 e. The van der Waals surface area contributed by atoms with E-state index in [1.165, 1.54) is 10.4 Å². The maximum Gasteiger partial charge on any atom is 0.338 e. The van der Waals surface area contributed by atoms with Gasteiger partial charge in [-0.25, -0.2) is 4.79 Å². The molecule has 0 aliphatic carbocycles. The van der Waals surface area contributed by atoms with Crippen molar-refractivity contribution in [1.29, 1.82) is 0 Å². The van der Waals surface area contributed by atoms with Crippen LogP contribution >= 0.6 is 0 Å². The van der Waals surface area contributed by atoms with E-state index in [2.05, 4.69) is 130 Å². The van der Waals surface area contributed by atoms with Crippen molar-refractivity contribution < 1.29 is 23.4 Å².